The van der Waals surface area contributed by atoms with Gasteiger partial charge in [-0.25, -0.2) is 0 Å². The number of hydrogen-bond donors (Lipinski definition) is 3. The van der Waals surface area contributed by atoms with Crippen LogP contribution in [0.4, 0.5) is 0 Å². The Morgan fingerprint density at radius 1 is 1.16 bits per heavy atom. The largest absolute Gasteiger partial charge is 0.380 e. The third kappa shape index (κ3) is 6.14. The van der Waals surface area contributed by atoms with Crippen molar-refractivity contribution in [1.29, 1.82) is 0 Å². The quantitative estimate of drug-likeness (QED) is 0.458. The van der Waals surface area contributed by atoms with Crippen molar-refractivity contribution in [3.63, 3.8) is 0 Å². The number of nitrogens with zero attached hydrogens (tertiary/aromatic N) is 1. The van der Waals surface area contributed by atoms with Gasteiger partial charge in [0.2, 0.25) is 0 Å². The van der Waals surface area contributed by atoms with E-state index >= 15 is 0 Å². The van der Waals surface area contributed by atoms with Crippen molar-refractivity contribution < 1.29 is 19.8 Å². The molecule has 0 aromatic heterocycles. The zero-order valence-electron chi connectivity index (χ0n) is 17.3. The summed E-state index contributed by atoms with van der Waals surface area (Å²) < 4.78 is 0. The van der Waals surface area contributed by atoms with Crippen LogP contribution in [-0.4, -0.2) is 63.6 Å². The molecular weight excluding hydrogens is 439 g/mol. The van der Waals surface area contributed by atoms with E-state index < -0.39 is 24.0 Å². The molecule has 0 radical (unpaired) electrons. The van der Waals surface area contributed by atoms with E-state index in [1.807, 2.05) is 0 Å². The van der Waals surface area contributed by atoms with Gasteiger partial charge in [0.25, 0.3) is 11.8 Å². The van der Waals surface area contributed by atoms with Crippen molar-refractivity contribution >= 4 is 35.0 Å². The SMILES string of the molecule is O=C(NCC#Cc1ccccc1Cl)[C@H](O)[C@@H](O)C(=O)N1CCCC1C1CCCC(Cl)C1. The number of likely N-dealkylation sites (tertiary alicyclic amines) is 1. The molecular formula is C23H28Cl2N2O4. The lowest BCUT2D eigenvalue weighted by Crippen LogP contribution is -2.53. The molecule has 3 N–H and O–H groups in total. The van der Waals surface area contributed by atoms with Gasteiger partial charge in [-0.15, -0.1) is 11.6 Å². The average molecular weight is 467 g/mol. The summed E-state index contributed by atoms with van der Waals surface area (Å²) in [5, 5.41) is 23.6. The number of carbonyl (C=O) groups excluding carboxylic acids is 2. The van der Waals surface area contributed by atoms with E-state index in [4.69, 9.17) is 23.2 Å². The van der Waals surface area contributed by atoms with Crippen LogP contribution in [0.5, 0.6) is 0 Å². The number of nitrogens with one attached hydrogen (secondary N) is 1. The first-order valence-corrected chi connectivity index (χ1v) is 11.5. The lowest BCUT2D eigenvalue weighted by molar-refractivity contribution is -0.154. The number of benzene rings is 1. The number of carbonyl (C=O) groups is 2. The molecule has 0 bridgehead atoms. The highest BCUT2D eigenvalue weighted by atomic mass is 35.5. The summed E-state index contributed by atoms with van der Waals surface area (Å²) in [6, 6.07) is 7.05. The van der Waals surface area contributed by atoms with E-state index in [1.54, 1.807) is 29.2 Å². The van der Waals surface area contributed by atoms with Gasteiger partial charge in [-0.2, -0.15) is 0 Å². The van der Waals surface area contributed by atoms with Crippen LogP contribution in [0.3, 0.4) is 0 Å². The highest BCUT2D eigenvalue weighted by Crippen LogP contribution is 2.36. The summed E-state index contributed by atoms with van der Waals surface area (Å²) in [7, 11) is 0. The lowest BCUT2D eigenvalue weighted by Gasteiger charge is -2.36. The Morgan fingerprint density at radius 3 is 2.68 bits per heavy atom. The summed E-state index contributed by atoms with van der Waals surface area (Å²) in [4.78, 5) is 26.7. The minimum atomic E-state index is -1.86. The topological polar surface area (TPSA) is 89.9 Å². The maximum Gasteiger partial charge on any atom is 0.254 e. The molecule has 8 heteroatoms. The fourth-order valence-electron chi connectivity index (χ4n) is 4.46. The second kappa shape index (κ2) is 11.2. The predicted octanol–water partition coefficient (Wildman–Crippen LogP) is 2.32. The number of alkyl halides is 1. The van der Waals surface area contributed by atoms with Crippen molar-refractivity contribution in [3.05, 3.63) is 34.9 Å². The molecule has 168 valence electrons. The molecule has 6 nitrogen and oxygen atoms in total. The zero-order valence-corrected chi connectivity index (χ0v) is 18.8. The molecule has 3 unspecified atom stereocenters. The Balaban J connectivity index is 1.53. The van der Waals surface area contributed by atoms with E-state index in [9.17, 15) is 19.8 Å². The van der Waals surface area contributed by atoms with Gasteiger partial charge < -0.3 is 20.4 Å². The van der Waals surface area contributed by atoms with Crippen LogP contribution in [0.25, 0.3) is 0 Å². The van der Waals surface area contributed by atoms with Crippen LogP contribution in [-0.2, 0) is 9.59 Å². The molecule has 1 saturated heterocycles. The van der Waals surface area contributed by atoms with Gasteiger partial charge >= 0.3 is 0 Å². The Bertz CT molecular complexity index is 853. The molecule has 31 heavy (non-hydrogen) atoms. The molecule has 1 aliphatic carbocycles. The normalized spacial score (nSPS) is 25.3. The van der Waals surface area contributed by atoms with Crippen LogP contribution in [0.2, 0.25) is 5.02 Å². The van der Waals surface area contributed by atoms with Crippen LogP contribution >= 0.6 is 23.2 Å². The lowest BCUT2D eigenvalue weighted by atomic mass is 9.82. The number of halogens is 2. The molecule has 2 amide bonds. The van der Waals surface area contributed by atoms with E-state index in [1.165, 1.54) is 0 Å². The first-order chi connectivity index (χ1) is 14.9. The predicted molar refractivity (Wildman–Crippen MR) is 120 cm³/mol. The molecule has 1 aromatic rings. The van der Waals surface area contributed by atoms with Crippen molar-refractivity contribution in [3.8, 4) is 11.8 Å². The van der Waals surface area contributed by atoms with E-state index in [0.29, 0.717) is 23.0 Å². The maximum atomic E-state index is 12.8. The van der Waals surface area contributed by atoms with Crippen molar-refractivity contribution in [2.75, 3.05) is 13.1 Å². The molecule has 0 spiro atoms. The Labute approximate surface area is 192 Å². The molecule has 1 aromatic carbocycles. The van der Waals surface area contributed by atoms with Gasteiger partial charge in [0, 0.05) is 23.5 Å². The monoisotopic (exact) mass is 466 g/mol. The first-order valence-electron chi connectivity index (χ1n) is 10.7. The van der Waals surface area contributed by atoms with Crippen LogP contribution in [0, 0.1) is 17.8 Å². The van der Waals surface area contributed by atoms with Crippen molar-refractivity contribution in [2.24, 2.45) is 5.92 Å². The molecule has 1 saturated carbocycles. The number of aliphatic hydroxyl groups is 2. The van der Waals surface area contributed by atoms with Crippen LogP contribution < -0.4 is 5.32 Å². The summed E-state index contributed by atoms with van der Waals surface area (Å²) >= 11 is 12.3. The second-order valence-corrected chi connectivity index (χ2v) is 9.18. The van der Waals surface area contributed by atoms with E-state index in [-0.39, 0.29) is 18.0 Å². The van der Waals surface area contributed by atoms with Gasteiger partial charge in [0.15, 0.2) is 12.2 Å². The maximum absolute atomic E-state index is 12.8. The standard InChI is InChI=1S/C23H28Cl2N2O4/c24-17-9-3-7-16(14-17)19-11-5-13-27(19)23(31)21(29)20(28)22(30)26-12-4-8-15-6-1-2-10-18(15)25/h1-2,6,10,16-17,19-21,28-29H,3,5,7,9,11-14H2,(H,26,30)/t16?,17?,19?,20-,21-/m1/s1. The van der Waals surface area contributed by atoms with Gasteiger partial charge in [0.1, 0.15) is 0 Å². The number of rotatable bonds is 5. The third-order valence-electron chi connectivity index (χ3n) is 6.05. The fourth-order valence-corrected chi connectivity index (χ4v) is 5.02. The van der Waals surface area contributed by atoms with Crippen molar-refractivity contribution in [1.82, 2.24) is 10.2 Å². The van der Waals surface area contributed by atoms with Gasteiger partial charge in [-0.1, -0.05) is 42.0 Å². The molecule has 1 heterocycles. The number of aliphatic hydroxyl groups excluding tert-OH is 2. The number of hydrogen-bond acceptors (Lipinski definition) is 4. The molecule has 5 atom stereocenters. The zero-order chi connectivity index (χ0) is 22.4. The summed E-state index contributed by atoms with van der Waals surface area (Å²) in [6.07, 6.45) is 1.88. The smallest absolute Gasteiger partial charge is 0.254 e. The average Bonchev–Trinajstić information content (AvgIpc) is 3.26. The first kappa shape index (κ1) is 23.9. The molecule has 3 rings (SSSR count). The molecule has 2 aliphatic rings. The summed E-state index contributed by atoms with van der Waals surface area (Å²) in [6.45, 7) is 0.467. The number of amides is 2. The summed E-state index contributed by atoms with van der Waals surface area (Å²) in [5.74, 6) is 4.40. The Hall–Kier alpha value is -1.78. The van der Waals surface area contributed by atoms with E-state index in [2.05, 4.69) is 17.2 Å². The second-order valence-electron chi connectivity index (χ2n) is 8.15. The minimum Gasteiger partial charge on any atom is -0.380 e. The van der Waals surface area contributed by atoms with Gasteiger partial charge in [-0.3, -0.25) is 9.59 Å². The van der Waals surface area contributed by atoms with Gasteiger partial charge in [-0.05, 0) is 50.2 Å². The fraction of sp³-hybridized carbons (Fsp3) is 0.565. The minimum absolute atomic E-state index is 0.000416. The third-order valence-corrected chi connectivity index (χ3v) is 6.77. The Morgan fingerprint density at radius 2 is 1.94 bits per heavy atom. The summed E-state index contributed by atoms with van der Waals surface area (Å²) in [5.41, 5.74) is 0.621. The van der Waals surface area contributed by atoms with Crippen LogP contribution in [0.1, 0.15) is 44.1 Å². The van der Waals surface area contributed by atoms with Crippen LogP contribution in [0.15, 0.2) is 24.3 Å². The van der Waals surface area contributed by atoms with Crippen molar-refractivity contribution in [2.45, 2.75) is 62.2 Å². The highest BCUT2D eigenvalue weighted by Gasteiger charge is 2.41. The van der Waals surface area contributed by atoms with Gasteiger partial charge in [0.05, 0.1) is 11.6 Å². The van der Waals surface area contributed by atoms with E-state index in [0.717, 1.165) is 38.5 Å². The Kier molecular flexibility index (Phi) is 8.62. The molecule has 1 aliphatic heterocycles. The highest BCUT2D eigenvalue weighted by molar-refractivity contribution is 6.31. The molecule has 2 fully saturated rings.